The van der Waals surface area contributed by atoms with Crippen LogP contribution in [0.15, 0.2) is 55.0 Å². The third-order valence-electron chi connectivity index (χ3n) is 4.47. The number of nitrogens with zero attached hydrogens (tertiary/aromatic N) is 2. The summed E-state index contributed by atoms with van der Waals surface area (Å²) >= 11 is 0. The van der Waals surface area contributed by atoms with Crippen LogP contribution in [0.5, 0.6) is 0 Å². The molecule has 0 aliphatic heterocycles. The van der Waals surface area contributed by atoms with E-state index in [0.717, 1.165) is 17.5 Å². The van der Waals surface area contributed by atoms with Gasteiger partial charge in [0, 0.05) is 17.8 Å². The summed E-state index contributed by atoms with van der Waals surface area (Å²) < 4.78 is 38.1. The van der Waals surface area contributed by atoms with E-state index >= 15 is 0 Å². The van der Waals surface area contributed by atoms with Crippen molar-refractivity contribution in [2.45, 2.75) is 31.7 Å². The van der Waals surface area contributed by atoms with Gasteiger partial charge >= 0.3 is 6.18 Å². The number of nitrogens with one attached hydrogen (secondary N) is 1. The van der Waals surface area contributed by atoms with Crippen molar-refractivity contribution in [3.8, 4) is 0 Å². The lowest BCUT2D eigenvalue weighted by atomic mass is 9.98. The number of fused-ring (bicyclic) bond motifs is 1. The molecule has 2 N–H and O–H groups in total. The Hall–Kier alpha value is -3.00. The summed E-state index contributed by atoms with van der Waals surface area (Å²) in [4.78, 5) is 20.7. The SMILES string of the molecule is CCC(NC(=O)c1cnc2cnccc2c1)C(O)c1ccc(C(F)(F)F)cc1. The summed E-state index contributed by atoms with van der Waals surface area (Å²) in [7, 11) is 0. The minimum Gasteiger partial charge on any atom is -0.386 e. The largest absolute Gasteiger partial charge is 0.416 e. The second-order valence-corrected chi connectivity index (χ2v) is 6.35. The second-order valence-electron chi connectivity index (χ2n) is 6.35. The molecule has 2 atom stereocenters. The van der Waals surface area contributed by atoms with Gasteiger partial charge in [-0.3, -0.25) is 14.8 Å². The van der Waals surface area contributed by atoms with Gasteiger partial charge in [-0.05, 0) is 36.2 Å². The van der Waals surface area contributed by atoms with Crippen molar-refractivity contribution >= 4 is 16.8 Å². The number of aliphatic hydroxyl groups is 1. The van der Waals surface area contributed by atoms with E-state index < -0.39 is 29.8 Å². The van der Waals surface area contributed by atoms with Gasteiger partial charge in [0.1, 0.15) is 0 Å². The second kappa shape index (κ2) is 7.93. The normalized spacial score (nSPS) is 13.9. The average Bonchev–Trinajstić information content (AvgIpc) is 2.70. The number of amides is 1. The van der Waals surface area contributed by atoms with Crippen molar-refractivity contribution in [1.82, 2.24) is 15.3 Å². The lowest BCUT2D eigenvalue weighted by Crippen LogP contribution is -2.39. The van der Waals surface area contributed by atoms with Gasteiger partial charge in [-0.1, -0.05) is 19.1 Å². The van der Waals surface area contributed by atoms with Gasteiger partial charge in [0.2, 0.25) is 0 Å². The van der Waals surface area contributed by atoms with Crippen molar-refractivity contribution < 1.29 is 23.1 Å². The molecule has 1 amide bonds. The molecule has 0 spiro atoms. The number of alkyl halides is 3. The Balaban J connectivity index is 1.75. The maximum absolute atomic E-state index is 12.7. The molecular formula is C20H18F3N3O2. The number of pyridine rings is 2. The smallest absolute Gasteiger partial charge is 0.386 e. The summed E-state index contributed by atoms with van der Waals surface area (Å²) in [6.07, 6.45) is -0.612. The van der Waals surface area contributed by atoms with Gasteiger partial charge in [-0.15, -0.1) is 0 Å². The maximum atomic E-state index is 12.7. The molecule has 0 saturated heterocycles. The number of hydrogen-bond acceptors (Lipinski definition) is 4. The quantitative estimate of drug-likeness (QED) is 0.694. The van der Waals surface area contributed by atoms with Gasteiger partial charge in [0.15, 0.2) is 0 Å². The standard InChI is InChI=1S/C20H18F3N3O2/c1-2-16(18(27)12-3-5-15(6-4-12)20(21,22)23)26-19(28)14-9-13-7-8-24-11-17(13)25-10-14/h3-11,16,18,27H,2H2,1H3,(H,26,28). The van der Waals surface area contributed by atoms with E-state index in [1.807, 2.05) is 0 Å². The number of benzene rings is 1. The first-order valence-corrected chi connectivity index (χ1v) is 8.65. The molecular weight excluding hydrogens is 371 g/mol. The van der Waals surface area contributed by atoms with Gasteiger partial charge in [-0.25, -0.2) is 0 Å². The van der Waals surface area contributed by atoms with Crippen LogP contribution >= 0.6 is 0 Å². The van der Waals surface area contributed by atoms with E-state index in [2.05, 4.69) is 15.3 Å². The molecule has 146 valence electrons. The van der Waals surface area contributed by atoms with Crippen LogP contribution in [0.2, 0.25) is 0 Å². The zero-order chi connectivity index (χ0) is 20.3. The van der Waals surface area contributed by atoms with E-state index in [1.165, 1.54) is 18.3 Å². The Labute approximate surface area is 159 Å². The Kier molecular flexibility index (Phi) is 5.60. The molecule has 2 unspecified atom stereocenters. The van der Waals surface area contributed by atoms with Crippen LogP contribution in [0.4, 0.5) is 13.2 Å². The number of rotatable bonds is 5. The fraction of sp³-hybridized carbons (Fsp3) is 0.250. The van der Waals surface area contributed by atoms with Crippen LogP contribution in [-0.4, -0.2) is 27.0 Å². The molecule has 0 fully saturated rings. The number of aliphatic hydroxyl groups excluding tert-OH is 1. The summed E-state index contributed by atoms with van der Waals surface area (Å²) in [5.41, 5.74) is 0.466. The fourth-order valence-corrected chi connectivity index (χ4v) is 2.85. The van der Waals surface area contributed by atoms with Gasteiger partial charge < -0.3 is 10.4 Å². The number of aromatic nitrogens is 2. The average molecular weight is 389 g/mol. The molecule has 1 aromatic carbocycles. The predicted molar refractivity (Wildman–Crippen MR) is 97.5 cm³/mol. The van der Waals surface area contributed by atoms with E-state index in [1.54, 1.807) is 31.5 Å². The van der Waals surface area contributed by atoms with Gasteiger partial charge in [-0.2, -0.15) is 13.2 Å². The molecule has 0 aliphatic carbocycles. The molecule has 3 aromatic rings. The van der Waals surface area contributed by atoms with Gasteiger partial charge in [0.25, 0.3) is 5.91 Å². The Morgan fingerprint density at radius 2 is 1.89 bits per heavy atom. The van der Waals surface area contributed by atoms with Crippen molar-refractivity contribution in [3.63, 3.8) is 0 Å². The Bertz CT molecular complexity index is 974. The first-order valence-electron chi connectivity index (χ1n) is 8.65. The highest BCUT2D eigenvalue weighted by Crippen LogP contribution is 2.30. The Morgan fingerprint density at radius 3 is 2.54 bits per heavy atom. The van der Waals surface area contributed by atoms with Crippen LogP contribution in [0.3, 0.4) is 0 Å². The van der Waals surface area contributed by atoms with E-state index in [9.17, 15) is 23.1 Å². The summed E-state index contributed by atoms with van der Waals surface area (Å²) in [6.45, 7) is 1.77. The van der Waals surface area contributed by atoms with Gasteiger partial charge in [0.05, 0.1) is 35.0 Å². The van der Waals surface area contributed by atoms with E-state index in [0.29, 0.717) is 23.1 Å². The molecule has 28 heavy (non-hydrogen) atoms. The Morgan fingerprint density at radius 1 is 1.18 bits per heavy atom. The molecule has 5 nitrogen and oxygen atoms in total. The molecule has 3 rings (SSSR count). The van der Waals surface area contributed by atoms with Crippen molar-refractivity contribution in [2.24, 2.45) is 0 Å². The third-order valence-corrected chi connectivity index (χ3v) is 4.47. The zero-order valence-corrected chi connectivity index (χ0v) is 14.9. The number of carbonyl (C=O) groups is 1. The molecule has 0 saturated carbocycles. The topological polar surface area (TPSA) is 75.1 Å². The lowest BCUT2D eigenvalue weighted by Gasteiger charge is -2.23. The highest BCUT2D eigenvalue weighted by atomic mass is 19.4. The summed E-state index contributed by atoms with van der Waals surface area (Å²) in [6, 6.07) is 6.98. The van der Waals surface area contributed by atoms with Crippen molar-refractivity contribution in [2.75, 3.05) is 0 Å². The molecule has 2 aromatic heterocycles. The first kappa shape index (κ1) is 19.8. The molecule has 8 heteroatoms. The maximum Gasteiger partial charge on any atom is 0.416 e. The lowest BCUT2D eigenvalue weighted by molar-refractivity contribution is -0.137. The number of carbonyl (C=O) groups excluding carboxylic acids is 1. The van der Waals surface area contributed by atoms with Crippen LogP contribution < -0.4 is 5.32 Å². The van der Waals surface area contributed by atoms with Crippen LogP contribution in [0.1, 0.15) is 40.9 Å². The fourth-order valence-electron chi connectivity index (χ4n) is 2.85. The minimum absolute atomic E-state index is 0.294. The third kappa shape index (κ3) is 4.28. The monoisotopic (exact) mass is 389 g/mol. The molecule has 0 bridgehead atoms. The highest BCUT2D eigenvalue weighted by Gasteiger charge is 2.30. The van der Waals surface area contributed by atoms with Crippen LogP contribution in [0.25, 0.3) is 10.9 Å². The molecule has 2 heterocycles. The highest BCUT2D eigenvalue weighted by molar-refractivity contribution is 5.97. The van der Waals surface area contributed by atoms with E-state index in [4.69, 9.17) is 0 Å². The molecule has 0 radical (unpaired) electrons. The van der Waals surface area contributed by atoms with Crippen molar-refractivity contribution in [3.05, 3.63) is 71.7 Å². The minimum atomic E-state index is -4.44. The van der Waals surface area contributed by atoms with E-state index in [-0.39, 0.29) is 0 Å². The van der Waals surface area contributed by atoms with Crippen LogP contribution in [-0.2, 0) is 6.18 Å². The molecule has 0 aliphatic rings. The number of halogens is 3. The summed E-state index contributed by atoms with van der Waals surface area (Å²) in [5.74, 6) is -0.427. The van der Waals surface area contributed by atoms with Crippen LogP contribution in [0, 0.1) is 0 Å². The van der Waals surface area contributed by atoms with Crippen molar-refractivity contribution in [1.29, 1.82) is 0 Å². The zero-order valence-electron chi connectivity index (χ0n) is 14.9. The first-order chi connectivity index (χ1) is 13.3. The summed E-state index contributed by atoms with van der Waals surface area (Å²) in [5, 5.41) is 14.0. The number of hydrogen-bond donors (Lipinski definition) is 2. The predicted octanol–water partition coefficient (Wildman–Crippen LogP) is 3.89.